The zero-order chi connectivity index (χ0) is 13.8. The second kappa shape index (κ2) is 6.20. The van der Waals surface area contributed by atoms with Gasteiger partial charge in [-0.1, -0.05) is 25.1 Å². The number of nitrogens with one attached hydrogen (secondary N) is 1. The normalized spacial score (nSPS) is 21.1. The van der Waals surface area contributed by atoms with E-state index in [0.717, 1.165) is 38.0 Å². The van der Waals surface area contributed by atoms with Gasteiger partial charge < -0.3 is 10.2 Å². The highest BCUT2D eigenvalue weighted by Gasteiger charge is 2.25. The monoisotopic (exact) mass is 260 g/mol. The Balaban J connectivity index is 2.39. The Hall–Kier alpha value is -1.35. The van der Waals surface area contributed by atoms with Gasteiger partial charge in [-0.25, -0.2) is 0 Å². The zero-order valence-corrected chi connectivity index (χ0v) is 12.2. The molecule has 1 N–H and O–H groups in total. The van der Waals surface area contributed by atoms with Crippen molar-refractivity contribution in [2.24, 2.45) is 0 Å². The van der Waals surface area contributed by atoms with Gasteiger partial charge in [0.25, 0.3) is 0 Å². The van der Waals surface area contributed by atoms with E-state index in [-0.39, 0.29) is 11.9 Å². The van der Waals surface area contributed by atoms with Gasteiger partial charge in [0.2, 0.25) is 5.91 Å². The summed E-state index contributed by atoms with van der Waals surface area (Å²) in [5, 5.41) is 3.30. The summed E-state index contributed by atoms with van der Waals surface area (Å²) in [7, 11) is 0. The number of nitrogens with zero attached hydrogens (tertiary/aromatic N) is 1. The lowest BCUT2D eigenvalue weighted by molar-refractivity contribution is -0.120. The molecule has 0 bridgehead atoms. The van der Waals surface area contributed by atoms with Crippen LogP contribution in [0.5, 0.6) is 0 Å². The van der Waals surface area contributed by atoms with Gasteiger partial charge in [0.05, 0.1) is 6.04 Å². The third kappa shape index (κ3) is 2.98. The van der Waals surface area contributed by atoms with Crippen LogP contribution in [-0.2, 0) is 11.2 Å². The number of hydrogen-bond donors (Lipinski definition) is 1. The summed E-state index contributed by atoms with van der Waals surface area (Å²) in [5.74, 6) is 0.198. The molecule has 1 aliphatic rings. The minimum absolute atomic E-state index is 0.0930. The molecular formula is C16H24N2O. The quantitative estimate of drug-likeness (QED) is 0.886. The van der Waals surface area contributed by atoms with E-state index in [4.69, 9.17) is 0 Å². The lowest BCUT2D eigenvalue weighted by Crippen LogP contribution is -2.48. The smallest absolute Gasteiger partial charge is 0.243 e. The molecule has 1 atom stereocenters. The number of anilines is 1. The minimum Gasteiger partial charge on any atom is -0.311 e. The molecule has 0 saturated carbocycles. The van der Waals surface area contributed by atoms with Crippen LogP contribution in [0.3, 0.4) is 0 Å². The molecule has 1 unspecified atom stereocenters. The second-order valence-electron chi connectivity index (χ2n) is 5.31. The Morgan fingerprint density at radius 3 is 2.89 bits per heavy atom. The molecule has 3 nitrogen and oxygen atoms in total. The first-order chi connectivity index (χ1) is 9.15. The molecule has 1 aliphatic heterocycles. The van der Waals surface area contributed by atoms with E-state index in [1.807, 2.05) is 11.8 Å². The van der Waals surface area contributed by atoms with Crippen LogP contribution in [0.15, 0.2) is 18.2 Å². The van der Waals surface area contributed by atoms with Crippen molar-refractivity contribution in [3.05, 3.63) is 29.3 Å². The Labute approximate surface area is 116 Å². The summed E-state index contributed by atoms with van der Waals surface area (Å²) in [6.45, 7) is 7.98. The summed E-state index contributed by atoms with van der Waals surface area (Å²) in [5.41, 5.74) is 3.59. The molecule has 0 spiro atoms. The number of amides is 1. The minimum atomic E-state index is -0.0930. The Morgan fingerprint density at radius 2 is 2.16 bits per heavy atom. The number of hydrogen-bond acceptors (Lipinski definition) is 2. The molecule has 3 heteroatoms. The van der Waals surface area contributed by atoms with Gasteiger partial charge in [0.15, 0.2) is 0 Å². The lowest BCUT2D eigenvalue weighted by Gasteiger charge is -2.31. The SMILES string of the molecule is CCc1cccc(C)c1N1CCCCNC(C)C1=O. The summed E-state index contributed by atoms with van der Waals surface area (Å²) < 4.78 is 0. The topological polar surface area (TPSA) is 32.3 Å². The molecule has 2 rings (SSSR count). The summed E-state index contributed by atoms with van der Waals surface area (Å²) >= 11 is 0. The molecule has 1 heterocycles. The summed E-state index contributed by atoms with van der Waals surface area (Å²) in [4.78, 5) is 14.6. The van der Waals surface area contributed by atoms with Crippen molar-refractivity contribution in [3.8, 4) is 0 Å². The standard InChI is InChI=1S/C16H24N2O/c1-4-14-9-7-8-12(2)15(14)18-11-6-5-10-17-13(3)16(18)19/h7-9,13,17H,4-6,10-11H2,1-3H3. The maximum atomic E-state index is 12.6. The van der Waals surface area contributed by atoms with E-state index >= 15 is 0 Å². The van der Waals surface area contributed by atoms with Gasteiger partial charge in [-0.05, 0) is 50.8 Å². The first kappa shape index (κ1) is 14.1. The van der Waals surface area contributed by atoms with Gasteiger partial charge in [-0.15, -0.1) is 0 Å². The number of aryl methyl sites for hydroxylation is 2. The fourth-order valence-electron chi connectivity index (χ4n) is 2.76. The highest BCUT2D eigenvalue weighted by Crippen LogP contribution is 2.27. The average molecular weight is 260 g/mol. The van der Waals surface area contributed by atoms with Gasteiger partial charge >= 0.3 is 0 Å². The van der Waals surface area contributed by atoms with Crippen molar-refractivity contribution in [1.29, 1.82) is 0 Å². The van der Waals surface area contributed by atoms with E-state index in [9.17, 15) is 4.79 Å². The number of carbonyl (C=O) groups excluding carboxylic acids is 1. The molecule has 1 aromatic carbocycles. The third-order valence-corrected chi connectivity index (χ3v) is 3.87. The van der Waals surface area contributed by atoms with Gasteiger partial charge in [0.1, 0.15) is 0 Å². The predicted molar refractivity (Wildman–Crippen MR) is 79.6 cm³/mol. The maximum Gasteiger partial charge on any atom is 0.243 e. The first-order valence-corrected chi connectivity index (χ1v) is 7.28. The number of carbonyl (C=O) groups is 1. The maximum absolute atomic E-state index is 12.6. The van der Waals surface area contributed by atoms with Crippen LogP contribution >= 0.6 is 0 Å². The molecule has 1 fully saturated rings. The van der Waals surface area contributed by atoms with Crippen LogP contribution in [0.1, 0.15) is 37.8 Å². The van der Waals surface area contributed by atoms with Crippen molar-refractivity contribution < 1.29 is 4.79 Å². The van der Waals surface area contributed by atoms with Crippen LogP contribution < -0.4 is 10.2 Å². The number of benzene rings is 1. The first-order valence-electron chi connectivity index (χ1n) is 7.28. The van der Waals surface area contributed by atoms with Crippen molar-refractivity contribution >= 4 is 11.6 Å². The summed E-state index contributed by atoms with van der Waals surface area (Å²) in [6, 6.07) is 6.21. The second-order valence-corrected chi connectivity index (χ2v) is 5.31. The molecule has 19 heavy (non-hydrogen) atoms. The van der Waals surface area contributed by atoms with E-state index < -0.39 is 0 Å². The highest BCUT2D eigenvalue weighted by molar-refractivity contribution is 5.98. The number of para-hydroxylation sites is 1. The van der Waals surface area contributed by atoms with E-state index in [1.165, 1.54) is 11.1 Å². The Kier molecular flexibility index (Phi) is 4.59. The van der Waals surface area contributed by atoms with Crippen molar-refractivity contribution in [2.45, 2.75) is 46.1 Å². The van der Waals surface area contributed by atoms with Crippen molar-refractivity contribution in [3.63, 3.8) is 0 Å². The zero-order valence-electron chi connectivity index (χ0n) is 12.2. The Bertz CT molecular complexity index is 456. The molecule has 0 aliphatic carbocycles. The van der Waals surface area contributed by atoms with Gasteiger partial charge in [-0.2, -0.15) is 0 Å². The predicted octanol–water partition coefficient (Wildman–Crippen LogP) is 2.66. The number of rotatable bonds is 2. The van der Waals surface area contributed by atoms with E-state index in [1.54, 1.807) is 0 Å². The molecule has 0 radical (unpaired) electrons. The van der Waals surface area contributed by atoms with Crippen LogP contribution in [0.4, 0.5) is 5.69 Å². The summed E-state index contributed by atoms with van der Waals surface area (Å²) in [6.07, 6.45) is 3.15. The van der Waals surface area contributed by atoms with Crippen molar-refractivity contribution in [1.82, 2.24) is 5.32 Å². The molecule has 1 aromatic rings. The molecule has 104 valence electrons. The molecule has 1 saturated heterocycles. The van der Waals surface area contributed by atoms with Gasteiger partial charge in [-0.3, -0.25) is 4.79 Å². The van der Waals surface area contributed by atoms with Crippen molar-refractivity contribution in [2.75, 3.05) is 18.0 Å². The molecular weight excluding hydrogens is 236 g/mol. The Morgan fingerprint density at radius 1 is 1.37 bits per heavy atom. The fraction of sp³-hybridized carbons (Fsp3) is 0.562. The molecule has 0 aromatic heterocycles. The lowest BCUT2D eigenvalue weighted by atomic mass is 10.0. The average Bonchev–Trinajstić information content (AvgIpc) is 2.41. The van der Waals surface area contributed by atoms with E-state index in [2.05, 4.69) is 37.4 Å². The van der Waals surface area contributed by atoms with Crippen LogP contribution in [-0.4, -0.2) is 25.0 Å². The van der Waals surface area contributed by atoms with Crippen LogP contribution in [0, 0.1) is 6.92 Å². The third-order valence-electron chi connectivity index (χ3n) is 3.87. The highest BCUT2D eigenvalue weighted by atomic mass is 16.2. The fourth-order valence-corrected chi connectivity index (χ4v) is 2.76. The van der Waals surface area contributed by atoms with E-state index in [0.29, 0.717) is 0 Å². The van der Waals surface area contributed by atoms with Gasteiger partial charge in [0, 0.05) is 12.2 Å². The van der Waals surface area contributed by atoms with Crippen LogP contribution in [0.2, 0.25) is 0 Å². The largest absolute Gasteiger partial charge is 0.311 e. The molecule has 1 amide bonds. The van der Waals surface area contributed by atoms with Crippen LogP contribution in [0.25, 0.3) is 0 Å².